The summed E-state index contributed by atoms with van der Waals surface area (Å²) in [4.78, 5) is 0. The quantitative estimate of drug-likeness (QED) is 0.489. The molecule has 0 rings (SSSR count). The minimum Gasteiger partial charge on any atom is -0.302 e. The second-order valence-corrected chi connectivity index (χ2v) is 4.83. The van der Waals surface area contributed by atoms with Gasteiger partial charge in [-0.1, -0.05) is 20.3 Å². The summed E-state index contributed by atoms with van der Waals surface area (Å²) in [6.45, 7) is 4.95. The number of rotatable bonds is 7. The van der Waals surface area contributed by atoms with E-state index in [1.54, 1.807) is 0 Å². The van der Waals surface area contributed by atoms with Crippen molar-refractivity contribution in [3.05, 3.63) is 0 Å². The lowest BCUT2D eigenvalue weighted by Gasteiger charge is -2.07. The predicted molar refractivity (Wildman–Crippen MR) is 53.1 cm³/mol. The Bertz CT molecular complexity index is 213. The summed E-state index contributed by atoms with van der Waals surface area (Å²) >= 11 is 0. The molecular weight excluding hydrogens is 190 g/mol. The Balaban J connectivity index is 3.27. The van der Waals surface area contributed by atoms with Crippen LogP contribution >= 0.6 is 0 Å². The fourth-order valence-electron chi connectivity index (χ4n) is 0.981. The molecule has 1 unspecified atom stereocenters. The molecule has 0 aromatic rings. The second-order valence-electron chi connectivity index (χ2n) is 3.38. The smallest absolute Gasteiger partial charge is 0.278 e. The summed E-state index contributed by atoms with van der Waals surface area (Å²) in [5.41, 5.74) is 0. The highest BCUT2D eigenvalue weighted by Crippen LogP contribution is 2.07. The molecule has 13 heavy (non-hydrogen) atoms. The second kappa shape index (κ2) is 6.34. The van der Waals surface area contributed by atoms with Crippen molar-refractivity contribution in [3.63, 3.8) is 0 Å². The molecule has 0 aromatic carbocycles. The molecule has 0 aliphatic rings. The molecule has 0 saturated heterocycles. The van der Waals surface area contributed by atoms with Gasteiger partial charge >= 0.3 is 0 Å². The minimum atomic E-state index is -3.84. The van der Waals surface area contributed by atoms with Gasteiger partial charge in [0.25, 0.3) is 10.1 Å². The van der Waals surface area contributed by atoms with Gasteiger partial charge in [-0.15, -0.1) is 0 Å². The van der Waals surface area contributed by atoms with Gasteiger partial charge in [-0.3, -0.25) is 4.55 Å². The van der Waals surface area contributed by atoms with Crippen LogP contribution in [0.3, 0.4) is 0 Å². The molecule has 0 aliphatic carbocycles. The van der Waals surface area contributed by atoms with E-state index in [-0.39, 0.29) is 5.88 Å². The van der Waals surface area contributed by atoms with Crippen LogP contribution in [0.4, 0.5) is 0 Å². The van der Waals surface area contributed by atoms with E-state index in [4.69, 9.17) is 4.55 Å². The molecule has 0 saturated carbocycles. The van der Waals surface area contributed by atoms with E-state index in [2.05, 4.69) is 19.2 Å². The van der Waals surface area contributed by atoms with E-state index in [1.165, 1.54) is 0 Å². The first-order valence-corrected chi connectivity index (χ1v) is 6.22. The molecule has 4 nitrogen and oxygen atoms in total. The zero-order valence-electron chi connectivity index (χ0n) is 8.28. The van der Waals surface area contributed by atoms with E-state index in [9.17, 15) is 8.42 Å². The van der Waals surface area contributed by atoms with Gasteiger partial charge in [0, 0.05) is 0 Å². The van der Waals surface area contributed by atoms with Crippen LogP contribution in [0.2, 0.25) is 0 Å². The van der Waals surface area contributed by atoms with Gasteiger partial charge in [0.1, 0.15) is 5.88 Å². The normalized spacial score (nSPS) is 14.4. The van der Waals surface area contributed by atoms with Gasteiger partial charge < -0.3 is 5.32 Å². The standard InChI is InChI=1S/C8H19NO3S/c1-3-8(2)5-4-6-9-7-13(10,11)12/h8-9H,3-7H2,1-2H3,(H,10,11,12). The van der Waals surface area contributed by atoms with Crippen molar-refractivity contribution in [1.29, 1.82) is 0 Å². The van der Waals surface area contributed by atoms with Crippen LogP contribution in [0.25, 0.3) is 0 Å². The average Bonchev–Trinajstić information content (AvgIpc) is 2.01. The van der Waals surface area contributed by atoms with E-state index in [0.717, 1.165) is 19.3 Å². The fraction of sp³-hybridized carbons (Fsp3) is 1.00. The molecule has 0 radical (unpaired) electrons. The van der Waals surface area contributed by atoms with E-state index in [0.29, 0.717) is 12.5 Å². The Morgan fingerprint density at radius 2 is 2.08 bits per heavy atom. The molecule has 0 aliphatic heterocycles. The first kappa shape index (κ1) is 12.9. The summed E-state index contributed by atoms with van der Waals surface area (Å²) in [7, 11) is -3.84. The molecule has 0 fully saturated rings. The largest absolute Gasteiger partial charge is 0.302 e. The van der Waals surface area contributed by atoms with E-state index >= 15 is 0 Å². The van der Waals surface area contributed by atoms with Gasteiger partial charge in [0.05, 0.1) is 0 Å². The summed E-state index contributed by atoms with van der Waals surface area (Å²) < 4.78 is 28.9. The Kier molecular flexibility index (Phi) is 6.28. The van der Waals surface area contributed by atoms with Crippen LogP contribution in [0.5, 0.6) is 0 Å². The molecule has 1 atom stereocenters. The van der Waals surface area contributed by atoms with Gasteiger partial charge in [0.2, 0.25) is 0 Å². The first-order chi connectivity index (χ1) is 5.95. The third kappa shape index (κ3) is 9.79. The van der Waals surface area contributed by atoms with E-state index < -0.39 is 10.1 Å². The predicted octanol–water partition coefficient (Wildman–Crippen LogP) is 1.25. The summed E-state index contributed by atoms with van der Waals surface area (Å²) in [6.07, 6.45) is 3.19. The lowest BCUT2D eigenvalue weighted by molar-refractivity contribution is 0.465. The fourth-order valence-corrected chi connectivity index (χ4v) is 1.38. The van der Waals surface area contributed by atoms with Crippen molar-refractivity contribution >= 4 is 10.1 Å². The highest BCUT2D eigenvalue weighted by atomic mass is 32.2. The number of nitrogens with one attached hydrogen (secondary N) is 1. The zero-order valence-corrected chi connectivity index (χ0v) is 9.10. The van der Waals surface area contributed by atoms with Crippen molar-refractivity contribution in [3.8, 4) is 0 Å². The lowest BCUT2D eigenvalue weighted by Crippen LogP contribution is -2.23. The summed E-state index contributed by atoms with van der Waals surface area (Å²) in [5.74, 6) is 0.348. The van der Waals surface area contributed by atoms with Gasteiger partial charge in [-0.2, -0.15) is 8.42 Å². The Morgan fingerprint density at radius 3 is 2.54 bits per heavy atom. The Morgan fingerprint density at radius 1 is 1.46 bits per heavy atom. The van der Waals surface area contributed by atoms with Gasteiger partial charge in [-0.05, 0) is 25.3 Å². The SMILES string of the molecule is CCC(C)CCCNCS(=O)(=O)O. The van der Waals surface area contributed by atoms with Crippen LogP contribution in [-0.4, -0.2) is 25.4 Å². The van der Waals surface area contributed by atoms with Crippen LogP contribution < -0.4 is 5.32 Å². The van der Waals surface area contributed by atoms with Crippen LogP contribution in [-0.2, 0) is 10.1 Å². The van der Waals surface area contributed by atoms with E-state index in [1.807, 2.05) is 0 Å². The maximum Gasteiger partial charge on any atom is 0.278 e. The third-order valence-electron chi connectivity index (χ3n) is 2.03. The van der Waals surface area contributed by atoms with Crippen molar-refractivity contribution in [2.45, 2.75) is 33.1 Å². The van der Waals surface area contributed by atoms with Crippen molar-refractivity contribution in [1.82, 2.24) is 5.32 Å². The molecule has 0 bridgehead atoms. The highest BCUT2D eigenvalue weighted by Gasteiger charge is 2.02. The van der Waals surface area contributed by atoms with Crippen molar-refractivity contribution in [2.24, 2.45) is 5.92 Å². The van der Waals surface area contributed by atoms with Crippen molar-refractivity contribution in [2.75, 3.05) is 12.4 Å². The monoisotopic (exact) mass is 209 g/mol. The Labute approximate surface area is 80.5 Å². The maximum atomic E-state index is 10.3. The van der Waals surface area contributed by atoms with Crippen molar-refractivity contribution < 1.29 is 13.0 Å². The molecule has 0 aromatic heterocycles. The summed E-state index contributed by atoms with van der Waals surface area (Å²) in [6, 6.07) is 0. The number of hydrogen-bond donors (Lipinski definition) is 2. The molecule has 80 valence electrons. The van der Waals surface area contributed by atoms with Crippen LogP contribution in [0.15, 0.2) is 0 Å². The third-order valence-corrected chi connectivity index (χ3v) is 2.60. The molecule has 0 heterocycles. The molecule has 0 amide bonds. The maximum absolute atomic E-state index is 10.3. The Hall–Kier alpha value is -0.130. The van der Waals surface area contributed by atoms with Crippen LogP contribution in [0, 0.1) is 5.92 Å². The topological polar surface area (TPSA) is 66.4 Å². The summed E-state index contributed by atoms with van der Waals surface area (Å²) in [5, 5.41) is 2.67. The molecule has 0 spiro atoms. The zero-order chi connectivity index (χ0) is 10.3. The van der Waals surface area contributed by atoms with Crippen LogP contribution in [0.1, 0.15) is 33.1 Å². The highest BCUT2D eigenvalue weighted by molar-refractivity contribution is 7.85. The molecular formula is C8H19NO3S. The molecule has 2 N–H and O–H groups in total. The molecule has 5 heteroatoms. The minimum absolute atomic E-state index is 0.340. The first-order valence-electron chi connectivity index (χ1n) is 4.61. The number of hydrogen-bond acceptors (Lipinski definition) is 3. The van der Waals surface area contributed by atoms with Gasteiger partial charge in [-0.25, -0.2) is 0 Å². The van der Waals surface area contributed by atoms with Gasteiger partial charge in [0.15, 0.2) is 0 Å². The lowest BCUT2D eigenvalue weighted by atomic mass is 10.0. The average molecular weight is 209 g/mol.